The highest BCUT2D eigenvalue weighted by Gasteiger charge is 2.01. The Morgan fingerprint density at radius 3 is 1.44 bits per heavy atom. The van der Waals surface area contributed by atoms with Crippen molar-refractivity contribution in [3.63, 3.8) is 0 Å². The molecule has 1 rings (SSSR count). The summed E-state index contributed by atoms with van der Waals surface area (Å²) in [6.07, 6.45) is 13.5. The lowest BCUT2D eigenvalue weighted by molar-refractivity contribution is 0.389. The molecule has 0 aliphatic rings. The molecular weight excluding hydrogens is 371 g/mol. The van der Waals surface area contributed by atoms with Gasteiger partial charge in [-0.15, -0.1) is 36.2 Å². The molecule has 0 aliphatic carbocycles. The largest absolute Gasteiger partial charge is 0.309 e. The second kappa shape index (κ2) is 17.6. The summed E-state index contributed by atoms with van der Waals surface area (Å²) in [6, 6.07) is 4.72. The number of nitrogens with zero attached hydrogens (tertiary/aromatic N) is 2. The van der Waals surface area contributed by atoms with Gasteiger partial charge in [0.25, 0.3) is 0 Å². The molecule has 1 heterocycles. The Balaban J connectivity index is 0. The monoisotopic (exact) mass is 410 g/mol. The molecule has 0 saturated carbocycles. The van der Waals surface area contributed by atoms with Gasteiger partial charge in [0.05, 0.1) is 0 Å². The second-order valence-electron chi connectivity index (χ2n) is 7.30. The van der Waals surface area contributed by atoms with E-state index < -0.39 is 0 Å². The smallest absolute Gasteiger partial charge is 0.00481 e. The zero-order valence-electron chi connectivity index (χ0n) is 16.8. The number of rotatable bonds is 14. The van der Waals surface area contributed by atoms with Gasteiger partial charge in [0.15, 0.2) is 0 Å². The summed E-state index contributed by atoms with van der Waals surface area (Å²) in [7, 11) is 8.64. The molecule has 2 nitrogen and oxygen atoms in total. The summed E-state index contributed by atoms with van der Waals surface area (Å²) < 4.78 is 0. The highest BCUT2D eigenvalue weighted by atomic mass is 35.5. The van der Waals surface area contributed by atoms with Gasteiger partial charge in [0, 0.05) is 9.75 Å². The van der Waals surface area contributed by atoms with Gasteiger partial charge < -0.3 is 9.80 Å². The molecule has 0 radical (unpaired) electrons. The fourth-order valence-electron chi connectivity index (χ4n) is 2.85. The van der Waals surface area contributed by atoms with E-state index in [0.29, 0.717) is 0 Å². The lowest BCUT2D eigenvalue weighted by atomic mass is 10.1. The highest BCUT2D eigenvalue weighted by Crippen LogP contribution is 2.21. The summed E-state index contributed by atoms with van der Waals surface area (Å²) >= 11 is 2.05. The average Bonchev–Trinajstić information content (AvgIpc) is 2.94. The van der Waals surface area contributed by atoms with Crippen LogP contribution in [-0.2, 0) is 12.8 Å². The Morgan fingerprint density at radius 1 is 0.600 bits per heavy atom. The third-order valence-corrected chi connectivity index (χ3v) is 5.48. The van der Waals surface area contributed by atoms with Gasteiger partial charge in [-0.1, -0.05) is 25.7 Å². The molecule has 1 aromatic heterocycles. The third-order valence-electron chi connectivity index (χ3n) is 4.27. The van der Waals surface area contributed by atoms with Crippen LogP contribution < -0.4 is 0 Å². The van der Waals surface area contributed by atoms with Crippen molar-refractivity contribution in [1.82, 2.24) is 9.80 Å². The van der Waals surface area contributed by atoms with Gasteiger partial charge in [-0.25, -0.2) is 0 Å². The topological polar surface area (TPSA) is 6.48 Å². The Kier molecular flexibility index (Phi) is 19.3. The molecule has 0 spiro atoms. The van der Waals surface area contributed by atoms with Gasteiger partial charge >= 0.3 is 0 Å². The minimum Gasteiger partial charge on any atom is -0.309 e. The molecule has 0 unspecified atom stereocenters. The standard InChI is InChI=1S/C20H38N2S.2ClH/c1-21(2)17-11-8-6-5-7-9-13-19-15-16-20(23-19)14-10-12-18-22(3)4;;/h15-16H,5-14,17-18H2,1-4H3;2*1H. The van der Waals surface area contributed by atoms with Crippen molar-refractivity contribution >= 4 is 36.2 Å². The molecule has 0 fully saturated rings. The molecule has 1 aromatic rings. The SMILES string of the molecule is CN(C)CCCCCCCCc1ccc(CCCCN(C)C)s1.Cl.Cl. The van der Waals surface area contributed by atoms with Gasteiger partial charge in [-0.2, -0.15) is 0 Å². The van der Waals surface area contributed by atoms with Crippen molar-refractivity contribution in [2.24, 2.45) is 0 Å². The second-order valence-corrected chi connectivity index (χ2v) is 8.56. The van der Waals surface area contributed by atoms with Crippen LogP contribution in [0.15, 0.2) is 12.1 Å². The molecule has 5 heteroatoms. The predicted molar refractivity (Wildman–Crippen MR) is 120 cm³/mol. The van der Waals surface area contributed by atoms with Crippen molar-refractivity contribution in [3.8, 4) is 0 Å². The number of thiophene rings is 1. The maximum atomic E-state index is 2.36. The number of halogens is 2. The Morgan fingerprint density at radius 2 is 0.960 bits per heavy atom. The normalized spacial score (nSPS) is 10.8. The number of aryl methyl sites for hydroxylation is 2. The third kappa shape index (κ3) is 16.1. The molecule has 0 atom stereocenters. The van der Waals surface area contributed by atoms with Gasteiger partial charge in [-0.05, 0) is 91.9 Å². The van der Waals surface area contributed by atoms with Crippen LogP contribution in [-0.4, -0.2) is 51.1 Å². The first-order valence-corrected chi connectivity index (χ1v) is 10.3. The number of hydrogen-bond acceptors (Lipinski definition) is 3. The van der Waals surface area contributed by atoms with Crippen LogP contribution in [0.3, 0.4) is 0 Å². The molecule has 0 aliphatic heterocycles. The van der Waals surface area contributed by atoms with Crippen LogP contribution >= 0.6 is 36.2 Å². The van der Waals surface area contributed by atoms with E-state index in [9.17, 15) is 0 Å². The molecule has 0 N–H and O–H groups in total. The number of hydrogen-bond donors (Lipinski definition) is 0. The van der Waals surface area contributed by atoms with Crippen LogP contribution in [0.5, 0.6) is 0 Å². The van der Waals surface area contributed by atoms with Crippen LogP contribution in [0.4, 0.5) is 0 Å². The molecule has 150 valence electrons. The average molecular weight is 412 g/mol. The summed E-state index contributed by atoms with van der Waals surface area (Å²) in [4.78, 5) is 7.75. The first kappa shape index (κ1) is 27.4. The zero-order valence-corrected chi connectivity index (χ0v) is 19.2. The molecule has 0 amide bonds. The Bertz CT molecular complexity index is 395. The van der Waals surface area contributed by atoms with Crippen molar-refractivity contribution in [2.45, 2.75) is 64.2 Å². The van der Waals surface area contributed by atoms with Crippen LogP contribution in [0.1, 0.15) is 61.1 Å². The van der Waals surface area contributed by atoms with Gasteiger partial charge in [0.1, 0.15) is 0 Å². The van der Waals surface area contributed by atoms with E-state index in [0.717, 1.165) is 0 Å². The molecule has 25 heavy (non-hydrogen) atoms. The van der Waals surface area contributed by atoms with E-state index in [-0.39, 0.29) is 24.8 Å². The molecule has 0 aromatic carbocycles. The van der Waals surface area contributed by atoms with Crippen LogP contribution in [0, 0.1) is 0 Å². The van der Waals surface area contributed by atoms with E-state index >= 15 is 0 Å². The van der Waals surface area contributed by atoms with E-state index in [1.54, 1.807) is 9.75 Å². The minimum atomic E-state index is 0. The Hall–Kier alpha value is 0.200. The zero-order chi connectivity index (χ0) is 16.9. The first-order valence-electron chi connectivity index (χ1n) is 9.45. The minimum absolute atomic E-state index is 0. The van der Waals surface area contributed by atoms with E-state index in [1.807, 2.05) is 11.3 Å². The lowest BCUT2D eigenvalue weighted by Crippen LogP contribution is -2.12. The number of unbranched alkanes of at least 4 members (excludes halogenated alkanes) is 6. The van der Waals surface area contributed by atoms with E-state index in [2.05, 4.69) is 50.1 Å². The molecular formula is C20H40Cl2N2S. The Labute approximate surface area is 173 Å². The fourth-order valence-corrected chi connectivity index (χ4v) is 3.95. The highest BCUT2D eigenvalue weighted by molar-refractivity contribution is 7.11. The fraction of sp³-hybridized carbons (Fsp3) is 0.800. The molecule has 0 saturated heterocycles. The van der Waals surface area contributed by atoms with Crippen molar-refractivity contribution in [1.29, 1.82) is 0 Å². The maximum Gasteiger partial charge on any atom is 0.00481 e. The van der Waals surface area contributed by atoms with Crippen LogP contribution in [0.25, 0.3) is 0 Å². The lowest BCUT2D eigenvalue weighted by Gasteiger charge is -2.08. The van der Waals surface area contributed by atoms with Gasteiger partial charge in [-0.3, -0.25) is 0 Å². The predicted octanol–water partition coefficient (Wildman–Crippen LogP) is 5.92. The maximum absolute atomic E-state index is 2.36. The van der Waals surface area contributed by atoms with E-state index in [1.165, 1.54) is 77.3 Å². The quantitative estimate of drug-likeness (QED) is 0.351. The van der Waals surface area contributed by atoms with Crippen molar-refractivity contribution in [3.05, 3.63) is 21.9 Å². The van der Waals surface area contributed by atoms with Crippen molar-refractivity contribution in [2.75, 3.05) is 41.3 Å². The molecule has 0 bridgehead atoms. The first-order chi connectivity index (χ1) is 11.1. The summed E-state index contributed by atoms with van der Waals surface area (Å²) in [5.74, 6) is 0. The summed E-state index contributed by atoms with van der Waals surface area (Å²) in [6.45, 7) is 2.46. The van der Waals surface area contributed by atoms with E-state index in [4.69, 9.17) is 0 Å². The van der Waals surface area contributed by atoms with Gasteiger partial charge in [0.2, 0.25) is 0 Å². The van der Waals surface area contributed by atoms with Crippen LogP contribution in [0.2, 0.25) is 0 Å². The van der Waals surface area contributed by atoms with Crippen molar-refractivity contribution < 1.29 is 0 Å². The summed E-state index contributed by atoms with van der Waals surface area (Å²) in [5, 5.41) is 0. The summed E-state index contributed by atoms with van der Waals surface area (Å²) in [5.41, 5.74) is 0.